The zero-order valence-electron chi connectivity index (χ0n) is 11.3. The molecule has 0 aromatic carbocycles. The first-order valence-corrected chi connectivity index (χ1v) is 6.48. The van der Waals surface area contributed by atoms with Crippen LogP contribution in [-0.2, 0) is 17.9 Å². The summed E-state index contributed by atoms with van der Waals surface area (Å²) in [4.78, 5) is 11.9. The van der Waals surface area contributed by atoms with Crippen LogP contribution in [0.4, 0.5) is 0 Å². The van der Waals surface area contributed by atoms with Crippen molar-refractivity contribution in [1.82, 2.24) is 24.6 Å². The van der Waals surface area contributed by atoms with Crippen LogP contribution >= 0.6 is 0 Å². The highest BCUT2D eigenvalue weighted by molar-refractivity contribution is 5.76. The van der Waals surface area contributed by atoms with Crippen LogP contribution in [0.3, 0.4) is 0 Å². The number of amides is 1. The Morgan fingerprint density at radius 2 is 2.16 bits per heavy atom. The Labute approximate surface area is 112 Å². The number of nitrogens with one attached hydrogen (secondary N) is 1. The standard InChI is InChI=1S/C13H19N5O/c1-3-6-18-10-14-16-13(18)11(2)15-12(19)9-17-7-4-5-8-17/h4-5,7-8,10-11H,3,6,9H2,1-2H3,(H,15,19). The Bertz CT molecular complexity index is 517. The van der Waals surface area contributed by atoms with Crippen LogP contribution in [0.15, 0.2) is 30.9 Å². The van der Waals surface area contributed by atoms with Gasteiger partial charge in [0.2, 0.25) is 5.91 Å². The highest BCUT2D eigenvalue weighted by Gasteiger charge is 2.15. The molecule has 6 heteroatoms. The molecule has 0 aliphatic rings. The van der Waals surface area contributed by atoms with Gasteiger partial charge in [0.1, 0.15) is 12.9 Å². The van der Waals surface area contributed by atoms with Crippen LogP contribution in [-0.4, -0.2) is 25.2 Å². The van der Waals surface area contributed by atoms with Gasteiger partial charge in [-0.2, -0.15) is 0 Å². The molecule has 0 aliphatic heterocycles. The third-order valence-electron chi connectivity index (χ3n) is 2.87. The van der Waals surface area contributed by atoms with Crippen molar-refractivity contribution in [3.05, 3.63) is 36.7 Å². The molecule has 0 aliphatic carbocycles. The maximum atomic E-state index is 11.9. The molecule has 102 valence electrons. The van der Waals surface area contributed by atoms with Gasteiger partial charge in [0.25, 0.3) is 0 Å². The number of carbonyl (C=O) groups excluding carboxylic acids is 1. The van der Waals surface area contributed by atoms with Gasteiger partial charge in [0, 0.05) is 18.9 Å². The third-order valence-corrected chi connectivity index (χ3v) is 2.87. The fourth-order valence-electron chi connectivity index (χ4n) is 2.01. The van der Waals surface area contributed by atoms with Crippen LogP contribution < -0.4 is 5.32 Å². The molecule has 2 aromatic heterocycles. The molecule has 0 saturated carbocycles. The summed E-state index contributed by atoms with van der Waals surface area (Å²) in [6, 6.07) is 3.65. The van der Waals surface area contributed by atoms with Crippen LogP contribution in [0.1, 0.15) is 32.1 Å². The third kappa shape index (κ3) is 3.43. The van der Waals surface area contributed by atoms with Crippen molar-refractivity contribution in [2.75, 3.05) is 0 Å². The fourth-order valence-corrected chi connectivity index (χ4v) is 2.01. The van der Waals surface area contributed by atoms with Gasteiger partial charge in [-0.3, -0.25) is 4.79 Å². The lowest BCUT2D eigenvalue weighted by atomic mass is 10.3. The van der Waals surface area contributed by atoms with Crippen molar-refractivity contribution < 1.29 is 4.79 Å². The van der Waals surface area contributed by atoms with Crippen LogP contribution in [0, 0.1) is 0 Å². The summed E-state index contributed by atoms with van der Waals surface area (Å²) in [5.74, 6) is 0.762. The van der Waals surface area contributed by atoms with Crippen molar-refractivity contribution in [2.24, 2.45) is 0 Å². The molecule has 1 N–H and O–H groups in total. The Morgan fingerprint density at radius 1 is 1.42 bits per heavy atom. The van der Waals surface area contributed by atoms with E-state index in [2.05, 4.69) is 22.4 Å². The Morgan fingerprint density at radius 3 is 2.84 bits per heavy atom. The first-order chi connectivity index (χ1) is 9.20. The number of aryl methyl sites for hydroxylation is 1. The van der Waals surface area contributed by atoms with E-state index in [4.69, 9.17) is 0 Å². The molecule has 1 unspecified atom stereocenters. The van der Waals surface area contributed by atoms with Crippen LogP contribution in [0.5, 0.6) is 0 Å². The van der Waals surface area contributed by atoms with E-state index in [1.165, 1.54) is 0 Å². The number of nitrogens with zero attached hydrogens (tertiary/aromatic N) is 4. The highest BCUT2D eigenvalue weighted by Crippen LogP contribution is 2.09. The SMILES string of the molecule is CCCn1cnnc1C(C)NC(=O)Cn1cccc1. The summed E-state index contributed by atoms with van der Waals surface area (Å²) < 4.78 is 3.80. The molecule has 2 heterocycles. The average molecular weight is 261 g/mol. The van der Waals surface area contributed by atoms with E-state index in [0.29, 0.717) is 6.54 Å². The van der Waals surface area contributed by atoms with E-state index in [-0.39, 0.29) is 11.9 Å². The van der Waals surface area contributed by atoms with Crippen molar-refractivity contribution >= 4 is 5.91 Å². The molecular formula is C13H19N5O. The molecule has 0 fully saturated rings. The molecular weight excluding hydrogens is 242 g/mol. The van der Waals surface area contributed by atoms with Gasteiger partial charge in [-0.1, -0.05) is 6.92 Å². The van der Waals surface area contributed by atoms with Crippen LogP contribution in [0.2, 0.25) is 0 Å². The lowest BCUT2D eigenvalue weighted by Gasteiger charge is -2.14. The second-order valence-electron chi connectivity index (χ2n) is 4.53. The van der Waals surface area contributed by atoms with Gasteiger partial charge in [-0.05, 0) is 25.5 Å². The molecule has 1 amide bonds. The maximum Gasteiger partial charge on any atom is 0.240 e. The minimum Gasteiger partial charge on any atom is -0.345 e. The topological polar surface area (TPSA) is 64.7 Å². The van der Waals surface area contributed by atoms with E-state index < -0.39 is 0 Å². The Balaban J connectivity index is 1.94. The minimum atomic E-state index is -0.142. The number of hydrogen-bond donors (Lipinski definition) is 1. The van der Waals surface area contributed by atoms with E-state index >= 15 is 0 Å². The number of aromatic nitrogens is 4. The fraction of sp³-hybridized carbons (Fsp3) is 0.462. The van der Waals surface area contributed by atoms with Gasteiger partial charge >= 0.3 is 0 Å². The van der Waals surface area contributed by atoms with Gasteiger partial charge in [-0.15, -0.1) is 10.2 Å². The smallest absolute Gasteiger partial charge is 0.240 e. The summed E-state index contributed by atoms with van der Waals surface area (Å²) in [6.07, 6.45) is 6.44. The van der Waals surface area contributed by atoms with E-state index in [0.717, 1.165) is 18.8 Å². The second kappa shape index (κ2) is 6.17. The largest absolute Gasteiger partial charge is 0.345 e. The van der Waals surface area contributed by atoms with Crippen molar-refractivity contribution in [1.29, 1.82) is 0 Å². The first-order valence-electron chi connectivity index (χ1n) is 6.48. The Kier molecular flexibility index (Phi) is 4.33. The van der Waals surface area contributed by atoms with Gasteiger partial charge in [0.15, 0.2) is 5.82 Å². The van der Waals surface area contributed by atoms with Crippen molar-refractivity contribution in [2.45, 2.75) is 39.4 Å². The van der Waals surface area contributed by atoms with Gasteiger partial charge in [-0.25, -0.2) is 0 Å². The van der Waals surface area contributed by atoms with Crippen molar-refractivity contribution in [3.63, 3.8) is 0 Å². The normalized spacial score (nSPS) is 12.3. The number of hydrogen-bond acceptors (Lipinski definition) is 3. The summed E-state index contributed by atoms with van der Waals surface area (Å²) in [6.45, 7) is 5.20. The average Bonchev–Trinajstić information content (AvgIpc) is 3.00. The summed E-state index contributed by atoms with van der Waals surface area (Å²) in [7, 11) is 0. The van der Waals surface area contributed by atoms with Gasteiger partial charge < -0.3 is 14.5 Å². The second-order valence-corrected chi connectivity index (χ2v) is 4.53. The van der Waals surface area contributed by atoms with Gasteiger partial charge in [0.05, 0.1) is 6.04 Å². The molecule has 2 aromatic rings. The zero-order valence-corrected chi connectivity index (χ0v) is 11.3. The molecule has 0 saturated heterocycles. The lowest BCUT2D eigenvalue weighted by Crippen LogP contribution is -2.31. The predicted octanol–water partition coefficient (Wildman–Crippen LogP) is 1.37. The zero-order chi connectivity index (χ0) is 13.7. The first kappa shape index (κ1) is 13.3. The molecule has 0 radical (unpaired) electrons. The highest BCUT2D eigenvalue weighted by atomic mass is 16.2. The molecule has 0 spiro atoms. The summed E-state index contributed by atoms with van der Waals surface area (Å²) in [5, 5.41) is 10.9. The molecule has 6 nitrogen and oxygen atoms in total. The number of carbonyl (C=O) groups is 1. The molecule has 1 atom stereocenters. The summed E-state index contributed by atoms with van der Waals surface area (Å²) in [5.41, 5.74) is 0. The van der Waals surface area contributed by atoms with E-state index in [1.54, 1.807) is 6.33 Å². The van der Waals surface area contributed by atoms with Crippen LogP contribution in [0.25, 0.3) is 0 Å². The summed E-state index contributed by atoms with van der Waals surface area (Å²) >= 11 is 0. The maximum absolute atomic E-state index is 11.9. The van der Waals surface area contributed by atoms with E-state index in [1.807, 2.05) is 40.6 Å². The lowest BCUT2D eigenvalue weighted by molar-refractivity contribution is -0.122. The van der Waals surface area contributed by atoms with E-state index in [9.17, 15) is 4.79 Å². The molecule has 0 bridgehead atoms. The quantitative estimate of drug-likeness (QED) is 0.854. The monoisotopic (exact) mass is 261 g/mol. The predicted molar refractivity (Wildman–Crippen MR) is 71.3 cm³/mol. The van der Waals surface area contributed by atoms with Crippen molar-refractivity contribution in [3.8, 4) is 0 Å². The molecule has 2 rings (SSSR count). The molecule has 19 heavy (non-hydrogen) atoms. The minimum absolute atomic E-state index is 0.0326. The Hall–Kier alpha value is -2.11. The number of rotatable bonds is 6.